The zero-order valence-electron chi connectivity index (χ0n) is 13.7. The van der Waals surface area contributed by atoms with E-state index in [1.165, 1.54) is 6.07 Å². The zero-order valence-corrected chi connectivity index (χ0v) is 13.7. The molecule has 8 nitrogen and oxygen atoms in total. The van der Waals surface area contributed by atoms with E-state index < -0.39 is 42.9 Å². The standard InChI is InChI=1S/C17H20O8/c1-7-8(2)16(22)24-11-5-9(3-4-10(7)11)23-17-15(21)14(20)13(19)12(6-18)25-17/h3-5,12-15,17-21H,6H2,1-2H3/t12-,13+,14+,15-,17-/m0/s1. The molecule has 1 saturated heterocycles. The maximum absolute atomic E-state index is 11.8. The Hall–Kier alpha value is -1.97. The van der Waals surface area contributed by atoms with Gasteiger partial charge in [0.25, 0.3) is 0 Å². The summed E-state index contributed by atoms with van der Waals surface area (Å²) in [6, 6.07) is 4.79. The molecule has 2 heterocycles. The lowest BCUT2D eigenvalue weighted by molar-refractivity contribution is -0.277. The average molecular weight is 352 g/mol. The van der Waals surface area contributed by atoms with Crippen LogP contribution in [0.4, 0.5) is 0 Å². The molecule has 1 aromatic carbocycles. The van der Waals surface area contributed by atoms with Crippen LogP contribution in [0.15, 0.2) is 27.4 Å². The molecule has 2 aromatic rings. The number of benzene rings is 1. The fraction of sp³-hybridized carbons (Fsp3) is 0.471. The third-order valence-electron chi connectivity index (χ3n) is 4.53. The van der Waals surface area contributed by atoms with E-state index in [9.17, 15) is 25.2 Å². The Kier molecular flexibility index (Phi) is 4.81. The second-order valence-corrected chi connectivity index (χ2v) is 6.11. The van der Waals surface area contributed by atoms with Gasteiger partial charge >= 0.3 is 5.63 Å². The van der Waals surface area contributed by atoms with Crippen LogP contribution in [0.1, 0.15) is 11.1 Å². The summed E-state index contributed by atoms with van der Waals surface area (Å²) < 4.78 is 16.1. The number of hydrogen-bond donors (Lipinski definition) is 4. The number of aliphatic hydroxyl groups is 4. The Morgan fingerprint density at radius 1 is 1.08 bits per heavy atom. The van der Waals surface area contributed by atoms with Gasteiger partial charge < -0.3 is 34.3 Å². The molecule has 0 aliphatic carbocycles. The molecular formula is C17H20O8. The number of aryl methyl sites for hydroxylation is 1. The SMILES string of the molecule is Cc1c(C)c2ccc(O[C@H]3O[C@@H](CO)[C@@H](O)[C@@H](O)[C@@H]3O)cc2oc1=O. The van der Waals surface area contributed by atoms with Crippen molar-refractivity contribution in [1.82, 2.24) is 0 Å². The third kappa shape index (κ3) is 3.14. The molecular weight excluding hydrogens is 332 g/mol. The van der Waals surface area contributed by atoms with Crippen LogP contribution in [-0.4, -0.2) is 57.7 Å². The van der Waals surface area contributed by atoms with Crippen molar-refractivity contribution in [2.45, 2.75) is 44.6 Å². The summed E-state index contributed by atoms with van der Waals surface area (Å²) in [7, 11) is 0. The lowest BCUT2D eigenvalue weighted by Gasteiger charge is -2.39. The van der Waals surface area contributed by atoms with Crippen molar-refractivity contribution in [3.63, 3.8) is 0 Å². The number of aliphatic hydroxyl groups excluding tert-OH is 4. The third-order valence-corrected chi connectivity index (χ3v) is 4.53. The van der Waals surface area contributed by atoms with E-state index in [2.05, 4.69) is 0 Å². The highest BCUT2D eigenvalue weighted by atomic mass is 16.7. The summed E-state index contributed by atoms with van der Waals surface area (Å²) in [5, 5.41) is 39.5. The van der Waals surface area contributed by atoms with E-state index in [0.29, 0.717) is 11.1 Å². The van der Waals surface area contributed by atoms with Crippen LogP contribution in [-0.2, 0) is 4.74 Å². The molecule has 3 rings (SSSR count). The van der Waals surface area contributed by atoms with Crippen molar-refractivity contribution in [2.24, 2.45) is 0 Å². The first-order valence-corrected chi connectivity index (χ1v) is 7.84. The molecule has 4 N–H and O–H groups in total. The predicted octanol–water partition coefficient (Wildman–Crippen LogP) is -0.411. The Bertz CT molecular complexity index is 827. The van der Waals surface area contributed by atoms with Crippen molar-refractivity contribution < 1.29 is 34.3 Å². The van der Waals surface area contributed by atoms with E-state index in [1.807, 2.05) is 6.92 Å². The van der Waals surface area contributed by atoms with Crippen molar-refractivity contribution in [3.05, 3.63) is 39.7 Å². The molecule has 1 fully saturated rings. The van der Waals surface area contributed by atoms with Crippen LogP contribution in [0.5, 0.6) is 5.75 Å². The summed E-state index contributed by atoms with van der Waals surface area (Å²) in [4.78, 5) is 11.8. The molecule has 1 aromatic heterocycles. The van der Waals surface area contributed by atoms with Gasteiger partial charge in [0.1, 0.15) is 35.7 Å². The van der Waals surface area contributed by atoms with Crippen molar-refractivity contribution in [1.29, 1.82) is 0 Å². The maximum atomic E-state index is 11.8. The van der Waals surface area contributed by atoms with Gasteiger partial charge in [-0.2, -0.15) is 0 Å². The molecule has 8 heteroatoms. The summed E-state index contributed by atoms with van der Waals surface area (Å²) in [6.07, 6.45) is -6.86. The second-order valence-electron chi connectivity index (χ2n) is 6.11. The monoisotopic (exact) mass is 352 g/mol. The first-order chi connectivity index (χ1) is 11.8. The van der Waals surface area contributed by atoms with Gasteiger partial charge in [-0.15, -0.1) is 0 Å². The highest BCUT2D eigenvalue weighted by Gasteiger charge is 2.44. The van der Waals surface area contributed by atoms with Gasteiger partial charge in [-0.3, -0.25) is 0 Å². The summed E-state index contributed by atoms with van der Waals surface area (Å²) in [5.41, 5.74) is 1.19. The largest absolute Gasteiger partial charge is 0.462 e. The molecule has 0 bridgehead atoms. The van der Waals surface area contributed by atoms with E-state index in [0.717, 1.165) is 10.9 Å². The minimum absolute atomic E-state index is 0.239. The first kappa shape index (κ1) is 17.8. The highest BCUT2D eigenvalue weighted by Crippen LogP contribution is 2.28. The van der Waals surface area contributed by atoms with Crippen molar-refractivity contribution in [2.75, 3.05) is 6.61 Å². The fourth-order valence-electron chi connectivity index (χ4n) is 2.80. The Morgan fingerprint density at radius 2 is 1.80 bits per heavy atom. The molecule has 0 amide bonds. The van der Waals surface area contributed by atoms with Gasteiger partial charge in [-0.1, -0.05) is 0 Å². The number of fused-ring (bicyclic) bond motifs is 1. The number of ether oxygens (including phenoxy) is 2. The quantitative estimate of drug-likeness (QED) is 0.549. The van der Waals surface area contributed by atoms with E-state index in [1.54, 1.807) is 19.1 Å². The number of rotatable bonds is 3. The molecule has 0 saturated carbocycles. The fourth-order valence-corrected chi connectivity index (χ4v) is 2.80. The molecule has 5 atom stereocenters. The Balaban J connectivity index is 1.90. The van der Waals surface area contributed by atoms with Gasteiger partial charge in [0, 0.05) is 17.0 Å². The molecule has 1 aliphatic heterocycles. The second kappa shape index (κ2) is 6.74. The lowest BCUT2D eigenvalue weighted by atomic mass is 9.99. The zero-order chi connectivity index (χ0) is 18.3. The van der Waals surface area contributed by atoms with Crippen molar-refractivity contribution >= 4 is 11.0 Å². The normalized spacial score (nSPS) is 29.8. The van der Waals surface area contributed by atoms with Crippen LogP contribution < -0.4 is 10.4 Å². The minimum atomic E-state index is -1.53. The minimum Gasteiger partial charge on any atom is -0.462 e. The molecule has 136 valence electrons. The van der Waals surface area contributed by atoms with Crippen LogP contribution in [0, 0.1) is 13.8 Å². The van der Waals surface area contributed by atoms with Crippen LogP contribution in [0.3, 0.4) is 0 Å². The summed E-state index contributed by atoms with van der Waals surface area (Å²) in [5.74, 6) is 0.239. The topological polar surface area (TPSA) is 130 Å². The van der Waals surface area contributed by atoms with Gasteiger partial charge in [-0.25, -0.2) is 4.79 Å². The molecule has 0 unspecified atom stereocenters. The molecule has 25 heavy (non-hydrogen) atoms. The predicted molar refractivity (Wildman–Crippen MR) is 86.4 cm³/mol. The smallest absolute Gasteiger partial charge is 0.339 e. The maximum Gasteiger partial charge on any atom is 0.339 e. The molecule has 0 spiro atoms. The van der Waals surface area contributed by atoms with E-state index in [-0.39, 0.29) is 5.75 Å². The number of hydrogen-bond acceptors (Lipinski definition) is 8. The van der Waals surface area contributed by atoms with E-state index >= 15 is 0 Å². The van der Waals surface area contributed by atoms with Gasteiger partial charge in [0.2, 0.25) is 6.29 Å². The van der Waals surface area contributed by atoms with Gasteiger partial charge in [0.05, 0.1) is 6.61 Å². The molecule has 1 aliphatic rings. The summed E-state index contributed by atoms with van der Waals surface area (Å²) >= 11 is 0. The van der Waals surface area contributed by atoms with Crippen LogP contribution in [0.2, 0.25) is 0 Å². The first-order valence-electron chi connectivity index (χ1n) is 7.84. The van der Waals surface area contributed by atoms with Crippen molar-refractivity contribution in [3.8, 4) is 5.75 Å². The molecule has 0 radical (unpaired) electrons. The average Bonchev–Trinajstić information content (AvgIpc) is 2.60. The van der Waals surface area contributed by atoms with E-state index in [4.69, 9.17) is 13.9 Å². The Labute approximate surface area is 142 Å². The summed E-state index contributed by atoms with van der Waals surface area (Å²) in [6.45, 7) is 2.95. The van der Waals surface area contributed by atoms with Crippen LogP contribution >= 0.6 is 0 Å². The van der Waals surface area contributed by atoms with Gasteiger partial charge in [-0.05, 0) is 31.5 Å². The highest BCUT2D eigenvalue weighted by molar-refractivity contribution is 5.82. The van der Waals surface area contributed by atoms with Gasteiger partial charge in [0.15, 0.2) is 0 Å². The lowest BCUT2D eigenvalue weighted by Crippen LogP contribution is -2.60. The Morgan fingerprint density at radius 3 is 2.48 bits per heavy atom. The van der Waals surface area contributed by atoms with Crippen LogP contribution in [0.25, 0.3) is 11.0 Å².